The molecule has 1 heteroatoms. The van der Waals surface area contributed by atoms with E-state index in [4.69, 9.17) is 11.6 Å². The Balaban J connectivity index is 2.01. The molecule has 21 heavy (non-hydrogen) atoms. The highest BCUT2D eigenvalue weighted by Crippen LogP contribution is 2.32. The topological polar surface area (TPSA) is 0 Å². The molecule has 0 bridgehead atoms. The molecule has 4 aromatic carbocycles. The van der Waals surface area contributed by atoms with Crippen LogP contribution in [0.15, 0.2) is 78.9 Å². The standard InChI is InChI=1S/C20H13Cl/c21-20-10-4-7-15-13-16(11-12-19(15)20)18-9-3-6-14-5-1-2-8-17(14)18/h1-13H. The molecule has 4 aromatic rings. The van der Waals surface area contributed by atoms with E-state index in [0.29, 0.717) is 0 Å². The van der Waals surface area contributed by atoms with Gasteiger partial charge in [0.05, 0.1) is 0 Å². The number of hydrogen-bond acceptors (Lipinski definition) is 0. The van der Waals surface area contributed by atoms with Crippen LogP contribution in [0.1, 0.15) is 0 Å². The van der Waals surface area contributed by atoms with Gasteiger partial charge >= 0.3 is 0 Å². The van der Waals surface area contributed by atoms with Gasteiger partial charge in [-0.15, -0.1) is 0 Å². The van der Waals surface area contributed by atoms with E-state index in [1.807, 2.05) is 12.1 Å². The third kappa shape index (κ3) is 2.09. The Morgan fingerprint density at radius 1 is 0.571 bits per heavy atom. The van der Waals surface area contributed by atoms with E-state index in [9.17, 15) is 0 Å². The molecule has 0 nitrogen and oxygen atoms in total. The lowest BCUT2D eigenvalue weighted by Crippen LogP contribution is -1.82. The van der Waals surface area contributed by atoms with Gasteiger partial charge in [0.25, 0.3) is 0 Å². The Hall–Kier alpha value is -2.31. The van der Waals surface area contributed by atoms with Gasteiger partial charge in [0, 0.05) is 10.4 Å². The number of rotatable bonds is 1. The van der Waals surface area contributed by atoms with Crippen molar-refractivity contribution in [2.75, 3.05) is 0 Å². The lowest BCUT2D eigenvalue weighted by molar-refractivity contribution is 1.68. The third-order valence-electron chi connectivity index (χ3n) is 3.93. The quantitative estimate of drug-likeness (QED) is 0.385. The summed E-state index contributed by atoms with van der Waals surface area (Å²) in [5.41, 5.74) is 2.48. The fourth-order valence-corrected chi connectivity index (χ4v) is 3.13. The molecule has 0 N–H and O–H groups in total. The van der Waals surface area contributed by atoms with Gasteiger partial charge in [0.2, 0.25) is 0 Å². The second-order valence-corrected chi connectivity index (χ2v) is 5.61. The molecule has 4 rings (SSSR count). The molecule has 0 aliphatic carbocycles. The maximum atomic E-state index is 6.25. The van der Waals surface area contributed by atoms with Crippen molar-refractivity contribution in [3.63, 3.8) is 0 Å². The Morgan fingerprint density at radius 2 is 1.33 bits per heavy atom. The highest BCUT2D eigenvalue weighted by Gasteiger charge is 2.05. The summed E-state index contributed by atoms with van der Waals surface area (Å²) in [5.74, 6) is 0. The van der Waals surface area contributed by atoms with Crippen LogP contribution in [0, 0.1) is 0 Å². The summed E-state index contributed by atoms with van der Waals surface area (Å²) in [6, 6.07) is 27.4. The third-order valence-corrected chi connectivity index (χ3v) is 4.26. The largest absolute Gasteiger partial charge is 0.0837 e. The number of fused-ring (bicyclic) bond motifs is 2. The molecule has 0 aliphatic heterocycles. The Kier molecular flexibility index (Phi) is 2.90. The maximum absolute atomic E-state index is 6.25. The summed E-state index contributed by atoms with van der Waals surface area (Å²) >= 11 is 6.25. The number of halogens is 1. The molecule has 0 fully saturated rings. The minimum atomic E-state index is 0.803. The molecule has 0 heterocycles. The van der Waals surface area contributed by atoms with Crippen molar-refractivity contribution >= 4 is 33.1 Å². The fourth-order valence-electron chi connectivity index (χ4n) is 2.89. The average molecular weight is 289 g/mol. The average Bonchev–Trinajstić information content (AvgIpc) is 2.54. The molecular formula is C20H13Cl. The smallest absolute Gasteiger partial charge is 0.0484 e. The second kappa shape index (κ2) is 4.91. The van der Waals surface area contributed by atoms with E-state index in [1.165, 1.54) is 27.3 Å². The second-order valence-electron chi connectivity index (χ2n) is 5.20. The zero-order chi connectivity index (χ0) is 14.2. The van der Waals surface area contributed by atoms with E-state index in [-0.39, 0.29) is 0 Å². The first kappa shape index (κ1) is 12.4. The van der Waals surface area contributed by atoms with Crippen LogP contribution in [0.3, 0.4) is 0 Å². The molecule has 0 radical (unpaired) electrons. The molecule has 0 aliphatic rings. The van der Waals surface area contributed by atoms with E-state index in [2.05, 4.69) is 66.7 Å². The molecule has 0 unspecified atom stereocenters. The van der Waals surface area contributed by atoms with Gasteiger partial charge in [-0.05, 0) is 39.4 Å². The van der Waals surface area contributed by atoms with Crippen molar-refractivity contribution in [2.45, 2.75) is 0 Å². The van der Waals surface area contributed by atoms with E-state index in [1.54, 1.807) is 0 Å². The van der Waals surface area contributed by atoms with Crippen LogP contribution >= 0.6 is 11.6 Å². The summed E-state index contributed by atoms with van der Waals surface area (Å²) < 4.78 is 0. The fraction of sp³-hybridized carbons (Fsp3) is 0. The molecule has 0 saturated carbocycles. The van der Waals surface area contributed by atoms with Crippen LogP contribution in [0.2, 0.25) is 5.02 Å². The predicted molar refractivity (Wildman–Crippen MR) is 91.9 cm³/mol. The Labute approximate surface area is 128 Å². The Morgan fingerprint density at radius 3 is 2.29 bits per heavy atom. The van der Waals surface area contributed by atoms with Crippen LogP contribution in [0.5, 0.6) is 0 Å². The summed E-state index contributed by atoms with van der Waals surface area (Å²) in [6.07, 6.45) is 0. The molecular weight excluding hydrogens is 276 g/mol. The minimum Gasteiger partial charge on any atom is -0.0837 e. The first-order valence-corrected chi connectivity index (χ1v) is 7.37. The highest BCUT2D eigenvalue weighted by molar-refractivity contribution is 6.35. The van der Waals surface area contributed by atoms with Gasteiger partial charge < -0.3 is 0 Å². The Bertz CT molecular complexity index is 949. The molecule has 0 saturated heterocycles. The van der Waals surface area contributed by atoms with Gasteiger partial charge in [0.1, 0.15) is 0 Å². The van der Waals surface area contributed by atoms with Gasteiger partial charge in [0.15, 0.2) is 0 Å². The predicted octanol–water partition coefficient (Wildman–Crippen LogP) is 6.31. The molecule has 0 spiro atoms. The van der Waals surface area contributed by atoms with Crippen LogP contribution in [0.25, 0.3) is 32.7 Å². The van der Waals surface area contributed by atoms with Crippen molar-refractivity contribution in [3.8, 4) is 11.1 Å². The highest BCUT2D eigenvalue weighted by atomic mass is 35.5. The first-order valence-electron chi connectivity index (χ1n) is 6.99. The zero-order valence-corrected chi connectivity index (χ0v) is 12.1. The van der Waals surface area contributed by atoms with Gasteiger partial charge in [-0.1, -0.05) is 78.3 Å². The van der Waals surface area contributed by atoms with Crippen molar-refractivity contribution < 1.29 is 0 Å². The van der Waals surface area contributed by atoms with E-state index < -0.39 is 0 Å². The van der Waals surface area contributed by atoms with Crippen molar-refractivity contribution in [1.29, 1.82) is 0 Å². The van der Waals surface area contributed by atoms with Crippen molar-refractivity contribution in [3.05, 3.63) is 83.9 Å². The van der Waals surface area contributed by atoms with Crippen LogP contribution < -0.4 is 0 Å². The van der Waals surface area contributed by atoms with Crippen LogP contribution in [0.4, 0.5) is 0 Å². The molecule has 0 aromatic heterocycles. The maximum Gasteiger partial charge on any atom is 0.0484 e. The van der Waals surface area contributed by atoms with Gasteiger partial charge in [-0.25, -0.2) is 0 Å². The number of benzene rings is 4. The van der Waals surface area contributed by atoms with Crippen molar-refractivity contribution in [2.24, 2.45) is 0 Å². The lowest BCUT2D eigenvalue weighted by atomic mass is 9.96. The van der Waals surface area contributed by atoms with E-state index in [0.717, 1.165) is 10.4 Å². The summed E-state index contributed by atoms with van der Waals surface area (Å²) in [7, 11) is 0. The summed E-state index contributed by atoms with van der Waals surface area (Å²) in [5, 5.41) is 5.62. The van der Waals surface area contributed by atoms with Gasteiger partial charge in [-0.2, -0.15) is 0 Å². The summed E-state index contributed by atoms with van der Waals surface area (Å²) in [6.45, 7) is 0. The lowest BCUT2D eigenvalue weighted by Gasteiger charge is -2.08. The minimum absolute atomic E-state index is 0.803. The van der Waals surface area contributed by atoms with Crippen LogP contribution in [-0.2, 0) is 0 Å². The molecule has 0 amide bonds. The monoisotopic (exact) mass is 288 g/mol. The SMILES string of the molecule is Clc1cccc2cc(-c3cccc4ccccc34)ccc12. The van der Waals surface area contributed by atoms with Gasteiger partial charge in [-0.3, -0.25) is 0 Å². The van der Waals surface area contributed by atoms with Crippen molar-refractivity contribution in [1.82, 2.24) is 0 Å². The number of hydrogen-bond donors (Lipinski definition) is 0. The van der Waals surface area contributed by atoms with E-state index >= 15 is 0 Å². The normalized spacial score (nSPS) is 11.1. The summed E-state index contributed by atoms with van der Waals surface area (Å²) in [4.78, 5) is 0. The first-order chi connectivity index (χ1) is 10.3. The van der Waals surface area contributed by atoms with Crippen LogP contribution in [-0.4, -0.2) is 0 Å². The molecule has 100 valence electrons. The zero-order valence-electron chi connectivity index (χ0n) is 11.4. The molecule has 0 atom stereocenters.